The third kappa shape index (κ3) is 7.81. The second-order valence-electron chi connectivity index (χ2n) is 11.1. The van der Waals surface area contributed by atoms with E-state index in [1.54, 1.807) is 12.3 Å². The third-order valence-corrected chi connectivity index (χ3v) is 7.63. The molecule has 0 unspecified atom stereocenters. The van der Waals surface area contributed by atoms with Crippen LogP contribution in [0, 0.1) is 6.92 Å². The average Bonchev–Trinajstić information content (AvgIpc) is 3.01. The number of benzene rings is 2. The van der Waals surface area contributed by atoms with E-state index in [4.69, 9.17) is 9.47 Å². The summed E-state index contributed by atoms with van der Waals surface area (Å²) < 4.78 is 11.8. The molecular formula is C35H40N4O3. The minimum atomic E-state index is -0.186. The van der Waals surface area contributed by atoms with E-state index in [0.29, 0.717) is 23.1 Å². The van der Waals surface area contributed by atoms with Crippen molar-refractivity contribution in [1.82, 2.24) is 14.9 Å². The van der Waals surface area contributed by atoms with Gasteiger partial charge in [0, 0.05) is 48.0 Å². The molecule has 0 atom stereocenters. The van der Waals surface area contributed by atoms with E-state index in [-0.39, 0.29) is 5.91 Å². The van der Waals surface area contributed by atoms with Gasteiger partial charge in [-0.3, -0.25) is 14.7 Å². The van der Waals surface area contributed by atoms with Crippen molar-refractivity contribution < 1.29 is 14.3 Å². The smallest absolute Gasteiger partial charge is 0.255 e. The number of hydrogen-bond donors (Lipinski definition) is 1. The molecule has 0 spiro atoms. The molecule has 0 radical (unpaired) electrons. The maximum absolute atomic E-state index is 13.1. The Hall–Kier alpha value is -4.07. The van der Waals surface area contributed by atoms with Crippen molar-refractivity contribution in [2.24, 2.45) is 0 Å². The summed E-state index contributed by atoms with van der Waals surface area (Å²) in [6, 6.07) is 21.5. The van der Waals surface area contributed by atoms with Crippen molar-refractivity contribution in [1.29, 1.82) is 0 Å². The van der Waals surface area contributed by atoms with Crippen molar-refractivity contribution in [3.05, 3.63) is 102 Å². The normalized spacial score (nSPS) is 13.7. The lowest BCUT2D eigenvalue weighted by Crippen LogP contribution is -2.36. The summed E-state index contributed by atoms with van der Waals surface area (Å²) in [5.74, 6) is 1.28. The summed E-state index contributed by atoms with van der Waals surface area (Å²) in [7, 11) is 0. The summed E-state index contributed by atoms with van der Waals surface area (Å²) >= 11 is 0. The number of hydrogen-bond acceptors (Lipinski definition) is 6. The zero-order chi connectivity index (χ0) is 29.3. The molecule has 1 N–H and O–H groups in total. The lowest BCUT2D eigenvalue weighted by molar-refractivity contribution is 0.0372. The van der Waals surface area contributed by atoms with Crippen molar-refractivity contribution in [2.45, 2.75) is 46.0 Å². The van der Waals surface area contributed by atoms with Gasteiger partial charge in [0.1, 0.15) is 5.75 Å². The number of unbranched alkanes of at least 4 members (excludes halogenated alkanes) is 1. The van der Waals surface area contributed by atoms with E-state index in [1.807, 2.05) is 61.7 Å². The van der Waals surface area contributed by atoms with Crippen LogP contribution in [0.3, 0.4) is 0 Å². The number of carbonyl (C=O) groups excluding carboxylic acids is 1. The summed E-state index contributed by atoms with van der Waals surface area (Å²) in [6.07, 6.45) is 6.72. The molecule has 4 aromatic rings. The number of amides is 1. The Labute approximate surface area is 248 Å². The second-order valence-corrected chi connectivity index (χ2v) is 11.1. The number of ether oxygens (including phenoxy) is 2. The van der Waals surface area contributed by atoms with Gasteiger partial charge in [0.25, 0.3) is 5.91 Å². The molecule has 1 amide bonds. The van der Waals surface area contributed by atoms with E-state index in [0.717, 1.165) is 80.2 Å². The van der Waals surface area contributed by atoms with Crippen LogP contribution in [0.1, 0.15) is 59.8 Å². The minimum Gasteiger partial charge on any atom is -0.438 e. The minimum absolute atomic E-state index is 0.186. The van der Waals surface area contributed by atoms with Crippen LogP contribution in [0.15, 0.2) is 79.1 Å². The SMILES string of the molecule is Cc1ccc(C(=O)Nc2cccc(C(C)C)c2)cc1Oc1ncccc1-c1ccnc(CCCCN2CCOCC2)c1. The number of aromatic nitrogens is 2. The standard InChI is InChI=1S/C35H40N4O3/c1-25(2)27-8-6-10-31(22-27)38-34(40)29-13-12-26(3)33(24-29)42-35-32(11-7-15-37-35)28-14-16-36-30(23-28)9-4-5-17-39-18-20-41-21-19-39/h6-8,10-16,22-25H,4-5,9,17-21H2,1-3H3,(H,38,40). The lowest BCUT2D eigenvalue weighted by Gasteiger charge is -2.26. The number of morpholine rings is 1. The van der Waals surface area contributed by atoms with Crippen LogP contribution in [0.4, 0.5) is 5.69 Å². The molecule has 0 bridgehead atoms. The highest BCUT2D eigenvalue weighted by Gasteiger charge is 2.15. The highest BCUT2D eigenvalue weighted by Crippen LogP contribution is 2.33. The molecule has 5 rings (SSSR count). The number of pyridine rings is 2. The van der Waals surface area contributed by atoms with Crippen LogP contribution >= 0.6 is 0 Å². The summed E-state index contributed by atoms with van der Waals surface area (Å²) in [5, 5.41) is 3.02. The van der Waals surface area contributed by atoms with Crippen molar-refractivity contribution >= 4 is 11.6 Å². The molecule has 0 saturated carbocycles. The first-order valence-electron chi connectivity index (χ1n) is 14.9. The zero-order valence-electron chi connectivity index (χ0n) is 24.8. The lowest BCUT2D eigenvalue weighted by atomic mass is 10.0. The fraction of sp³-hybridized carbons (Fsp3) is 0.343. The van der Waals surface area contributed by atoms with Crippen molar-refractivity contribution in [2.75, 3.05) is 38.2 Å². The number of nitrogens with one attached hydrogen (secondary N) is 1. The molecule has 2 aromatic carbocycles. The van der Waals surface area contributed by atoms with Crippen molar-refractivity contribution in [3.8, 4) is 22.8 Å². The van der Waals surface area contributed by atoms with E-state index in [2.05, 4.69) is 46.2 Å². The molecule has 1 aliphatic heterocycles. The fourth-order valence-electron chi connectivity index (χ4n) is 5.07. The third-order valence-electron chi connectivity index (χ3n) is 7.63. The summed E-state index contributed by atoms with van der Waals surface area (Å²) in [4.78, 5) is 24.8. The van der Waals surface area contributed by atoms with Crippen LogP contribution < -0.4 is 10.1 Å². The Morgan fingerprint density at radius 3 is 2.67 bits per heavy atom. The van der Waals surface area contributed by atoms with Gasteiger partial charge < -0.3 is 14.8 Å². The molecule has 7 nitrogen and oxygen atoms in total. The average molecular weight is 565 g/mol. The first-order chi connectivity index (χ1) is 20.5. The Balaban J connectivity index is 1.27. The predicted octanol–water partition coefficient (Wildman–Crippen LogP) is 7.27. The number of aryl methyl sites for hydroxylation is 2. The van der Waals surface area contributed by atoms with Crippen LogP contribution in [-0.4, -0.2) is 53.6 Å². The predicted molar refractivity (Wildman–Crippen MR) is 167 cm³/mol. The van der Waals surface area contributed by atoms with Gasteiger partial charge >= 0.3 is 0 Å². The molecule has 1 saturated heterocycles. The Morgan fingerprint density at radius 1 is 0.976 bits per heavy atom. The van der Waals surface area contributed by atoms with Gasteiger partial charge in [-0.2, -0.15) is 0 Å². The molecule has 1 fully saturated rings. The van der Waals surface area contributed by atoms with E-state index in [1.165, 1.54) is 5.56 Å². The quantitative estimate of drug-likeness (QED) is 0.193. The van der Waals surface area contributed by atoms with Gasteiger partial charge in [0.05, 0.1) is 13.2 Å². The Bertz CT molecular complexity index is 1500. The number of anilines is 1. The maximum Gasteiger partial charge on any atom is 0.255 e. The topological polar surface area (TPSA) is 76.6 Å². The molecule has 0 aliphatic carbocycles. The van der Waals surface area contributed by atoms with Gasteiger partial charge in [-0.05, 0) is 104 Å². The number of carbonyl (C=O) groups is 1. The molecule has 2 aromatic heterocycles. The second kappa shape index (κ2) is 14.2. The molecule has 218 valence electrons. The maximum atomic E-state index is 13.1. The first-order valence-corrected chi connectivity index (χ1v) is 14.9. The summed E-state index contributed by atoms with van der Waals surface area (Å²) in [6.45, 7) is 11.1. The molecule has 42 heavy (non-hydrogen) atoms. The molecule has 7 heteroatoms. The summed E-state index contributed by atoms with van der Waals surface area (Å²) in [5.41, 5.74) is 6.33. The van der Waals surface area contributed by atoms with Crippen LogP contribution in [0.25, 0.3) is 11.1 Å². The van der Waals surface area contributed by atoms with Gasteiger partial charge in [-0.25, -0.2) is 4.98 Å². The van der Waals surface area contributed by atoms with Crippen LogP contribution in [-0.2, 0) is 11.2 Å². The molecule has 3 heterocycles. The van der Waals surface area contributed by atoms with Gasteiger partial charge in [-0.1, -0.05) is 32.0 Å². The van der Waals surface area contributed by atoms with E-state index in [9.17, 15) is 4.79 Å². The Kier molecular flexibility index (Phi) is 9.95. The molecule has 1 aliphatic rings. The zero-order valence-corrected chi connectivity index (χ0v) is 24.8. The van der Waals surface area contributed by atoms with Gasteiger partial charge in [0.2, 0.25) is 5.88 Å². The van der Waals surface area contributed by atoms with Crippen LogP contribution in [0.2, 0.25) is 0 Å². The number of nitrogens with zero attached hydrogens (tertiary/aromatic N) is 3. The van der Waals surface area contributed by atoms with Gasteiger partial charge in [0.15, 0.2) is 0 Å². The highest BCUT2D eigenvalue weighted by atomic mass is 16.5. The van der Waals surface area contributed by atoms with Crippen molar-refractivity contribution in [3.63, 3.8) is 0 Å². The van der Waals surface area contributed by atoms with Gasteiger partial charge in [-0.15, -0.1) is 0 Å². The fourth-order valence-corrected chi connectivity index (χ4v) is 5.07. The first kappa shape index (κ1) is 29.4. The van der Waals surface area contributed by atoms with E-state index >= 15 is 0 Å². The largest absolute Gasteiger partial charge is 0.438 e. The monoisotopic (exact) mass is 564 g/mol. The highest BCUT2D eigenvalue weighted by molar-refractivity contribution is 6.04. The molecular weight excluding hydrogens is 524 g/mol. The Morgan fingerprint density at radius 2 is 1.83 bits per heavy atom. The van der Waals surface area contributed by atoms with E-state index < -0.39 is 0 Å². The van der Waals surface area contributed by atoms with Crippen LogP contribution in [0.5, 0.6) is 11.6 Å². The number of rotatable bonds is 11.